The van der Waals surface area contributed by atoms with Crippen LogP contribution in [0.5, 0.6) is 5.75 Å². The van der Waals surface area contributed by atoms with Gasteiger partial charge in [0.25, 0.3) is 0 Å². The second-order valence-electron chi connectivity index (χ2n) is 4.09. The van der Waals surface area contributed by atoms with Crippen molar-refractivity contribution < 1.29 is 9.53 Å². The molecule has 5 heteroatoms. The number of nitriles is 1. The Hall–Kier alpha value is -2.06. The molecular weight excluding hydrogens is 230 g/mol. The summed E-state index contributed by atoms with van der Waals surface area (Å²) in [6, 6.07) is 8.55. The van der Waals surface area contributed by atoms with Crippen LogP contribution in [0.2, 0.25) is 0 Å². The largest absolute Gasteiger partial charge is 0.415 e. The zero-order chi connectivity index (χ0) is 12.8. The summed E-state index contributed by atoms with van der Waals surface area (Å²) in [7, 11) is 0. The minimum Gasteiger partial charge on any atom is -0.410 e. The molecule has 1 aromatic rings. The Labute approximate surface area is 106 Å². The molecule has 1 N–H and O–H groups in total. The van der Waals surface area contributed by atoms with Crippen LogP contribution in [0, 0.1) is 11.3 Å². The second kappa shape index (κ2) is 6.03. The molecule has 1 aliphatic rings. The Balaban J connectivity index is 1.95. The Morgan fingerprint density at radius 3 is 2.78 bits per heavy atom. The van der Waals surface area contributed by atoms with E-state index < -0.39 is 0 Å². The van der Waals surface area contributed by atoms with E-state index in [2.05, 4.69) is 5.32 Å². The first-order valence-electron chi connectivity index (χ1n) is 5.97. The van der Waals surface area contributed by atoms with Gasteiger partial charge in [0.15, 0.2) is 0 Å². The first kappa shape index (κ1) is 12.4. The van der Waals surface area contributed by atoms with Crippen molar-refractivity contribution in [2.75, 3.05) is 26.2 Å². The van der Waals surface area contributed by atoms with Crippen molar-refractivity contribution in [3.8, 4) is 11.8 Å². The van der Waals surface area contributed by atoms with Gasteiger partial charge in [-0.2, -0.15) is 5.26 Å². The first-order chi connectivity index (χ1) is 8.79. The van der Waals surface area contributed by atoms with Crippen LogP contribution in [-0.2, 0) is 0 Å². The molecular formula is C13H15N3O2. The molecule has 1 aromatic carbocycles. The van der Waals surface area contributed by atoms with Crippen molar-refractivity contribution in [1.82, 2.24) is 10.2 Å². The van der Waals surface area contributed by atoms with Crippen molar-refractivity contribution in [2.45, 2.75) is 6.42 Å². The van der Waals surface area contributed by atoms with Crippen LogP contribution in [0.25, 0.3) is 0 Å². The quantitative estimate of drug-likeness (QED) is 0.811. The van der Waals surface area contributed by atoms with Crippen LogP contribution in [-0.4, -0.2) is 37.2 Å². The maximum absolute atomic E-state index is 11.9. The Kier molecular flexibility index (Phi) is 4.15. The predicted octanol–water partition coefficient (Wildman–Crippen LogP) is 1.35. The molecule has 0 aliphatic carbocycles. The Bertz CT molecular complexity index is 442. The molecule has 0 atom stereocenters. The lowest BCUT2D eigenvalue weighted by atomic mass is 10.2. The van der Waals surface area contributed by atoms with Crippen LogP contribution in [0.3, 0.4) is 0 Å². The third-order valence-corrected chi connectivity index (χ3v) is 2.79. The van der Waals surface area contributed by atoms with Gasteiger partial charge in [-0.25, -0.2) is 4.79 Å². The van der Waals surface area contributed by atoms with E-state index in [0.29, 0.717) is 24.4 Å². The minimum atomic E-state index is -0.330. The van der Waals surface area contributed by atoms with Gasteiger partial charge in [0.05, 0.1) is 11.6 Å². The fourth-order valence-electron chi connectivity index (χ4n) is 1.79. The summed E-state index contributed by atoms with van der Waals surface area (Å²) < 4.78 is 5.26. The molecule has 94 valence electrons. The smallest absolute Gasteiger partial charge is 0.410 e. The molecule has 1 fully saturated rings. The van der Waals surface area contributed by atoms with E-state index in [9.17, 15) is 4.79 Å². The van der Waals surface area contributed by atoms with Crippen molar-refractivity contribution in [3.63, 3.8) is 0 Å². The van der Waals surface area contributed by atoms with Gasteiger partial charge >= 0.3 is 6.09 Å². The van der Waals surface area contributed by atoms with Crippen molar-refractivity contribution >= 4 is 6.09 Å². The molecule has 1 amide bonds. The summed E-state index contributed by atoms with van der Waals surface area (Å²) in [6.45, 7) is 3.10. The average molecular weight is 245 g/mol. The SMILES string of the molecule is N#Cc1ccc(OC(=O)N2CCCNCC2)cc1. The average Bonchev–Trinajstić information content (AvgIpc) is 2.68. The van der Waals surface area contributed by atoms with E-state index in [0.717, 1.165) is 19.5 Å². The minimum absolute atomic E-state index is 0.330. The first-order valence-corrected chi connectivity index (χ1v) is 5.97. The van der Waals surface area contributed by atoms with E-state index >= 15 is 0 Å². The van der Waals surface area contributed by atoms with Crippen molar-refractivity contribution in [2.24, 2.45) is 0 Å². The molecule has 2 rings (SSSR count). The number of amides is 1. The number of carbonyl (C=O) groups excluding carboxylic acids is 1. The molecule has 1 heterocycles. The highest BCUT2D eigenvalue weighted by molar-refractivity contribution is 5.70. The topological polar surface area (TPSA) is 65.4 Å². The summed E-state index contributed by atoms with van der Waals surface area (Å²) >= 11 is 0. The summed E-state index contributed by atoms with van der Waals surface area (Å²) in [5.41, 5.74) is 0.550. The van der Waals surface area contributed by atoms with Crippen molar-refractivity contribution in [3.05, 3.63) is 29.8 Å². The molecule has 0 aromatic heterocycles. The maximum Gasteiger partial charge on any atom is 0.415 e. The summed E-state index contributed by atoms with van der Waals surface area (Å²) in [5.74, 6) is 0.469. The monoisotopic (exact) mass is 245 g/mol. The van der Waals surface area contributed by atoms with E-state index in [1.54, 1.807) is 29.2 Å². The molecule has 18 heavy (non-hydrogen) atoms. The summed E-state index contributed by atoms with van der Waals surface area (Å²) in [6.07, 6.45) is 0.603. The number of hydrogen-bond donors (Lipinski definition) is 1. The van der Waals surface area contributed by atoms with Crippen LogP contribution in [0.4, 0.5) is 4.79 Å². The van der Waals surface area contributed by atoms with Crippen LogP contribution >= 0.6 is 0 Å². The third kappa shape index (κ3) is 3.22. The fourth-order valence-corrected chi connectivity index (χ4v) is 1.79. The van der Waals surface area contributed by atoms with Crippen LogP contribution in [0.15, 0.2) is 24.3 Å². The van der Waals surface area contributed by atoms with Gasteiger partial charge in [-0.15, -0.1) is 0 Å². The maximum atomic E-state index is 11.9. The van der Waals surface area contributed by atoms with Crippen LogP contribution < -0.4 is 10.1 Å². The zero-order valence-corrected chi connectivity index (χ0v) is 10.1. The molecule has 1 aliphatic heterocycles. The van der Waals surface area contributed by atoms with E-state index in [4.69, 9.17) is 10.00 Å². The van der Waals surface area contributed by atoms with Gasteiger partial charge in [-0.05, 0) is 37.2 Å². The summed E-state index contributed by atoms with van der Waals surface area (Å²) in [4.78, 5) is 13.6. The lowest BCUT2D eigenvalue weighted by molar-refractivity contribution is 0.155. The highest BCUT2D eigenvalue weighted by Crippen LogP contribution is 2.13. The normalized spacial score (nSPS) is 15.6. The molecule has 5 nitrogen and oxygen atoms in total. The number of nitrogens with zero attached hydrogens (tertiary/aromatic N) is 2. The molecule has 1 saturated heterocycles. The molecule has 0 unspecified atom stereocenters. The van der Waals surface area contributed by atoms with Gasteiger partial charge in [-0.3, -0.25) is 0 Å². The van der Waals surface area contributed by atoms with E-state index in [1.807, 2.05) is 6.07 Å². The molecule has 0 saturated carbocycles. The van der Waals surface area contributed by atoms with Gasteiger partial charge in [0, 0.05) is 19.6 Å². The number of nitrogens with one attached hydrogen (secondary N) is 1. The molecule has 0 bridgehead atoms. The van der Waals surface area contributed by atoms with Crippen LogP contribution in [0.1, 0.15) is 12.0 Å². The highest BCUT2D eigenvalue weighted by Gasteiger charge is 2.16. The number of benzene rings is 1. The van der Waals surface area contributed by atoms with Crippen molar-refractivity contribution in [1.29, 1.82) is 5.26 Å². The molecule has 0 radical (unpaired) electrons. The number of rotatable bonds is 1. The lowest BCUT2D eigenvalue weighted by Crippen LogP contribution is -2.36. The number of ether oxygens (including phenoxy) is 1. The van der Waals surface area contributed by atoms with Gasteiger partial charge in [-0.1, -0.05) is 0 Å². The number of hydrogen-bond acceptors (Lipinski definition) is 4. The van der Waals surface area contributed by atoms with E-state index in [-0.39, 0.29) is 6.09 Å². The van der Waals surface area contributed by atoms with Gasteiger partial charge in [0.2, 0.25) is 0 Å². The standard InChI is InChI=1S/C13H15N3O2/c14-10-11-2-4-12(5-3-11)18-13(17)16-8-1-6-15-7-9-16/h2-5,15H,1,6-9H2. The van der Waals surface area contributed by atoms with Gasteiger partial charge in [0.1, 0.15) is 5.75 Å². The number of carbonyl (C=O) groups is 1. The van der Waals surface area contributed by atoms with Gasteiger partial charge < -0.3 is 15.0 Å². The second-order valence-corrected chi connectivity index (χ2v) is 4.09. The fraction of sp³-hybridized carbons (Fsp3) is 0.385. The predicted molar refractivity (Wildman–Crippen MR) is 66.2 cm³/mol. The van der Waals surface area contributed by atoms with E-state index in [1.165, 1.54) is 0 Å². The Morgan fingerprint density at radius 2 is 2.06 bits per heavy atom. The molecule has 0 spiro atoms. The third-order valence-electron chi connectivity index (χ3n) is 2.79. The zero-order valence-electron chi connectivity index (χ0n) is 10.1. The highest BCUT2D eigenvalue weighted by atomic mass is 16.6. The Morgan fingerprint density at radius 1 is 1.28 bits per heavy atom. The lowest BCUT2D eigenvalue weighted by Gasteiger charge is -2.19. The summed E-state index contributed by atoms with van der Waals surface area (Å²) in [5, 5.41) is 11.9.